The molecule has 0 atom stereocenters. The first-order chi connectivity index (χ1) is 14.9. The van der Waals surface area contributed by atoms with E-state index in [0.717, 1.165) is 43.2 Å². The molecule has 1 fully saturated rings. The normalized spacial score (nSPS) is 19.0. The summed E-state index contributed by atoms with van der Waals surface area (Å²) in [6.07, 6.45) is 13.6. The molecular weight excluding hydrogens is 400 g/mol. The average Bonchev–Trinajstić information content (AvgIpc) is 2.78. The molecule has 0 amide bonds. The van der Waals surface area contributed by atoms with E-state index in [1.54, 1.807) is 6.07 Å². The summed E-state index contributed by atoms with van der Waals surface area (Å²) in [7, 11) is 0. The van der Waals surface area contributed by atoms with Crippen molar-refractivity contribution < 1.29 is 17.6 Å². The van der Waals surface area contributed by atoms with Gasteiger partial charge in [-0.15, -0.1) is 0 Å². The van der Waals surface area contributed by atoms with Gasteiger partial charge in [-0.3, -0.25) is 0 Å². The lowest BCUT2D eigenvalue weighted by molar-refractivity contribution is 0.301. The Labute approximate surface area is 184 Å². The number of benzene rings is 2. The summed E-state index contributed by atoms with van der Waals surface area (Å²) in [4.78, 5) is 0. The summed E-state index contributed by atoms with van der Waals surface area (Å²) in [5.74, 6) is -2.92. The van der Waals surface area contributed by atoms with E-state index in [9.17, 15) is 17.6 Å². The van der Waals surface area contributed by atoms with E-state index in [0.29, 0.717) is 5.92 Å². The third-order valence-corrected chi connectivity index (χ3v) is 6.96. The third-order valence-electron chi connectivity index (χ3n) is 6.96. The summed E-state index contributed by atoms with van der Waals surface area (Å²) in [5, 5.41) is 0. The second-order valence-electron chi connectivity index (χ2n) is 9.17. The minimum absolute atomic E-state index is 0.101. The minimum atomic E-state index is -1.26. The summed E-state index contributed by atoms with van der Waals surface area (Å²) in [6, 6.07) is 5.54. The number of unbranched alkanes of at least 4 members (excludes halogenated alkanes) is 5. The molecule has 0 N–H and O–H groups in total. The molecule has 0 spiro atoms. The second-order valence-corrected chi connectivity index (χ2v) is 9.17. The highest BCUT2D eigenvalue weighted by atomic mass is 19.2. The lowest BCUT2D eigenvalue weighted by Crippen LogP contribution is -2.13. The van der Waals surface area contributed by atoms with Crippen LogP contribution in [0.1, 0.15) is 94.6 Å². The van der Waals surface area contributed by atoms with Crippen LogP contribution in [0.3, 0.4) is 0 Å². The molecule has 1 saturated carbocycles. The van der Waals surface area contributed by atoms with Crippen LogP contribution < -0.4 is 0 Å². The van der Waals surface area contributed by atoms with Crippen LogP contribution in [0.4, 0.5) is 17.6 Å². The van der Waals surface area contributed by atoms with E-state index < -0.39 is 28.8 Å². The van der Waals surface area contributed by atoms with Crippen molar-refractivity contribution in [3.8, 4) is 11.1 Å². The predicted molar refractivity (Wildman–Crippen MR) is 119 cm³/mol. The van der Waals surface area contributed by atoms with Gasteiger partial charge in [0.15, 0.2) is 11.6 Å². The SMILES string of the molecule is CCCCCCCCC1CCC(c2ccc(-c3cc(F)c(C)c(F)c3F)c(F)c2)CC1. The minimum Gasteiger partial charge on any atom is -0.207 e. The fourth-order valence-corrected chi connectivity index (χ4v) is 4.88. The Morgan fingerprint density at radius 1 is 0.742 bits per heavy atom. The standard InChI is InChI=1S/C27H34F4/c1-3-4-5-6-7-8-9-19-10-12-20(13-11-19)21-14-15-22(25(29)16-21)23-17-24(28)18(2)26(30)27(23)31/h14-17,19-20H,3-13H2,1-2H3. The highest BCUT2D eigenvalue weighted by molar-refractivity contribution is 5.66. The highest BCUT2D eigenvalue weighted by Gasteiger charge is 2.24. The van der Waals surface area contributed by atoms with Crippen molar-refractivity contribution in [3.05, 3.63) is 58.7 Å². The van der Waals surface area contributed by atoms with Gasteiger partial charge in [0.2, 0.25) is 0 Å². The van der Waals surface area contributed by atoms with Crippen molar-refractivity contribution in [2.75, 3.05) is 0 Å². The Bertz CT molecular complexity index is 866. The molecule has 0 unspecified atom stereocenters. The Kier molecular flexibility index (Phi) is 8.57. The monoisotopic (exact) mass is 434 g/mol. The van der Waals surface area contributed by atoms with Crippen LogP contribution in [0, 0.1) is 36.1 Å². The molecule has 0 aliphatic heterocycles. The Morgan fingerprint density at radius 2 is 1.42 bits per heavy atom. The van der Waals surface area contributed by atoms with Crippen molar-refractivity contribution in [2.24, 2.45) is 5.92 Å². The summed E-state index contributed by atoms with van der Waals surface area (Å²) < 4.78 is 56.9. The Hall–Kier alpha value is -1.84. The van der Waals surface area contributed by atoms with Crippen molar-refractivity contribution in [3.63, 3.8) is 0 Å². The fraction of sp³-hybridized carbons (Fsp3) is 0.556. The molecule has 0 aromatic heterocycles. The summed E-state index contributed by atoms with van der Waals surface area (Å²) >= 11 is 0. The zero-order valence-corrected chi connectivity index (χ0v) is 18.8. The number of rotatable bonds is 9. The molecule has 2 aromatic carbocycles. The average molecular weight is 435 g/mol. The lowest BCUT2D eigenvalue weighted by Gasteiger charge is -2.29. The van der Waals surface area contributed by atoms with E-state index in [4.69, 9.17) is 0 Å². The lowest BCUT2D eigenvalue weighted by atomic mass is 9.77. The summed E-state index contributed by atoms with van der Waals surface area (Å²) in [5.41, 5.74) is 0.0341. The molecule has 1 aliphatic carbocycles. The first-order valence-electron chi connectivity index (χ1n) is 11.9. The van der Waals surface area contributed by atoms with Crippen molar-refractivity contribution >= 4 is 0 Å². The molecule has 0 radical (unpaired) electrons. The van der Waals surface area contributed by atoms with E-state index in [-0.39, 0.29) is 11.1 Å². The van der Waals surface area contributed by atoms with Crippen LogP contribution >= 0.6 is 0 Å². The molecule has 31 heavy (non-hydrogen) atoms. The number of halogens is 4. The molecule has 0 saturated heterocycles. The smallest absolute Gasteiger partial charge is 0.167 e. The second kappa shape index (κ2) is 11.2. The van der Waals surface area contributed by atoms with E-state index in [1.165, 1.54) is 64.0 Å². The van der Waals surface area contributed by atoms with Crippen molar-refractivity contribution in [2.45, 2.75) is 90.4 Å². The first-order valence-corrected chi connectivity index (χ1v) is 11.9. The Balaban J connectivity index is 1.58. The van der Waals surface area contributed by atoms with Gasteiger partial charge in [0.25, 0.3) is 0 Å². The van der Waals surface area contributed by atoms with Gasteiger partial charge in [-0.05, 0) is 62.1 Å². The molecule has 0 nitrogen and oxygen atoms in total. The van der Waals surface area contributed by atoms with Crippen molar-refractivity contribution in [1.29, 1.82) is 0 Å². The maximum absolute atomic E-state index is 14.8. The molecular formula is C27H34F4. The van der Waals surface area contributed by atoms with Gasteiger partial charge in [0.05, 0.1) is 0 Å². The summed E-state index contributed by atoms with van der Waals surface area (Å²) in [6.45, 7) is 3.40. The van der Waals surface area contributed by atoms with Gasteiger partial charge in [0, 0.05) is 16.7 Å². The molecule has 2 aromatic rings. The van der Waals surface area contributed by atoms with Crippen LogP contribution in [0.5, 0.6) is 0 Å². The zero-order chi connectivity index (χ0) is 22.4. The van der Waals surface area contributed by atoms with Crippen LogP contribution in [0.15, 0.2) is 24.3 Å². The predicted octanol–water partition coefficient (Wildman–Crippen LogP) is 9.24. The highest BCUT2D eigenvalue weighted by Crippen LogP contribution is 2.39. The number of hydrogen-bond donors (Lipinski definition) is 0. The van der Waals surface area contributed by atoms with E-state index in [2.05, 4.69) is 6.92 Å². The fourth-order valence-electron chi connectivity index (χ4n) is 4.88. The molecule has 0 bridgehead atoms. The molecule has 3 rings (SSSR count). The maximum atomic E-state index is 14.8. The topological polar surface area (TPSA) is 0 Å². The zero-order valence-electron chi connectivity index (χ0n) is 18.8. The Morgan fingerprint density at radius 3 is 2.10 bits per heavy atom. The van der Waals surface area contributed by atoms with Crippen LogP contribution in [-0.2, 0) is 0 Å². The first kappa shape index (κ1) is 23.8. The largest absolute Gasteiger partial charge is 0.207 e. The van der Waals surface area contributed by atoms with Crippen LogP contribution in [0.2, 0.25) is 0 Å². The van der Waals surface area contributed by atoms with Gasteiger partial charge in [-0.25, -0.2) is 17.6 Å². The third kappa shape index (κ3) is 5.90. The van der Waals surface area contributed by atoms with Crippen LogP contribution in [-0.4, -0.2) is 0 Å². The van der Waals surface area contributed by atoms with Crippen molar-refractivity contribution in [1.82, 2.24) is 0 Å². The molecule has 1 aliphatic rings. The molecule has 0 heterocycles. The van der Waals surface area contributed by atoms with Gasteiger partial charge in [-0.2, -0.15) is 0 Å². The van der Waals surface area contributed by atoms with E-state index in [1.807, 2.05) is 0 Å². The maximum Gasteiger partial charge on any atom is 0.167 e. The number of hydrogen-bond acceptors (Lipinski definition) is 0. The van der Waals surface area contributed by atoms with Gasteiger partial charge >= 0.3 is 0 Å². The molecule has 170 valence electrons. The van der Waals surface area contributed by atoms with Gasteiger partial charge < -0.3 is 0 Å². The quantitative estimate of drug-likeness (QED) is 0.210. The van der Waals surface area contributed by atoms with Gasteiger partial charge in [-0.1, -0.05) is 64.0 Å². The van der Waals surface area contributed by atoms with Crippen LogP contribution in [0.25, 0.3) is 11.1 Å². The van der Waals surface area contributed by atoms with E-state index >= 15 is 0 Å². The van der Waals surface area contributed by atoms with Gasteiger partial charge in [0.1, 0.15) is 11.6 Å². The molecule has 4 heteroatoms.